The molecular formula is C11H13ClN6O. The Labute approximate surface area is 114 Å². The lowest BCUT2D eigenvalue weighted by atomic mass is 10.1. The largest absolute Gasteiger partial charge is 0.481 e. The first-order valence-electron chi connectivity index (χ1n) is 5.38. The van der Waals surface area contributed by atoms with Gasteiger partial charge in [-0.2, -0.15) is 0 Å². The Kier molecular flexibility index (Phi) is 4.10. The number of rotatable bonds is 4. The van der Waals surface area contributed by atoms with Gasteiger partial charge in [0.05, 0.1) is 23.9 Å². The maximum absolute atomic E-state index is 5.92. The molecule has 0 aliphatic heterocycles. The number of hydrogen-bond donors (Lipinski definition) is 3. The number of anilines is 1. The van der Waals surface area contributed by atoms with Crippen LogP contribution >= 0.6 is 11.6 Å². The van der Waals surface area contributed by atoms with Gasteiger partial charge >= 0.3 is 0 Å². The fourth-order valence-electron chi connectivity index (χ4n) is 1.65. The van der Waals surface area contributed by atoms with Crippen LogP contribution < -0.4 is 21.7 Å². The second-order valence-electron chi connectivity index (χ2n) is 3.71. The third-order valence-electron chi connectivity index (χ3n) is 2.56. The molecule has 0 aromatic carbocycles. The Morgan fingerprint density at radius 1 is 1.32 bits per heavy atom. The van der Waals surface area contributed by atoms with Crippen LogP contribution in [0, 0.1) is 0 Å². The molecule has 100 valence electrons. The molecule has 1 atom stereocenters. The molecule has 0 bridgehead atoms. The van der Waals surface area contributed by atoms with E-state index in [9.17, 15) is 0 Å². The van der Waals surface area contributed by atoms with Gasteiger partial charge in [-0.05, 0) is 6.07 Å². The SMILES string of the molecule is COc1cc(C(NN)c2cc(Cl)cnc2N)ncn1. The van der Waals surface area contributed by atoms with Gasteiger partial charge in [0.15, 0.2) is 0 Å². The highest BCUT2D eigenvalue weighted by atomic mass is 35.5. The molecule has 2 heterocycles. The van der Waals surface area contributed by atoms with E-state index in [1.54, 1.807) is 12.1 Å². The minimum atomic E-state index is -0.455. The monoisotopic (exact) mass is 280 g/mol. The summed E-state index contributed by atoms with van der Waals surface area (Å²) in [4.78, 5) is 12.1. The minimum Gasteiger partial charge on any atom is -0.481 e. The van der Waals surface area contributed by atoms with Gasteiger partial charge in [0.2, 0.25) is 5.88 Å². The number of ether oxygens (including phenoxy) is 1. The average Bonchev–Trinajstić information content (AvgIpc) is 2.44. The Bertz CT molecular complexity index is 579. The van der Waals surface area contributed by atoms with Crippen LogP contribution in [-0.4, -0.2) is 22.1 Å². The molecule has 1 unspecified atom stereocenters. The van der Waals surface area contributed by atoms with E-state index in [0.29, 0.717) is 28.0 Å². The first kappa shape index (κ1) is 13.5. The molecule has 0 fully saturated rings. The molecule has 0 aliphatic rings. The molecule has 7 nitrogen and oxygen atoms in total. The zero-order valence-electron chi connectivity index (χ0n) is 10.2. The molecule has 2 aromatic rings. The standard InChI is InChI=1S/C11H13ClN6O/c1-19-9-3-8(16-5-17-9)10(18-14)7-2-6(12)4-15-11(7)13/h2-5,10,18H,14H2,1H3,(H2,13,15). The third kappa shape index (κ3) is 2.90. The topological polar surface area (TPSA) is 112 Å². The van der Waals surface area contributed by atoms with E-state index in [4.69, 9.17) is 27.9 Å². The number of aromatic nitrogens is 3. The lowest BCUT2D eigenvalue weighted by Gasteiger charge is -2.17. The fraction of sp³-hybridized carbons (Fsp3) is 0.182. The fourth-order valence-corrected chi connectivity index (χ4v) is 1.82. The summed E-state index contributed by atoms with van der Waals surface area (Å²) in [7, 11) is 1.52. The molecule has 2 aromatic heterocycles. The molecule has 5 N–H and O–H groups in total. The molecule has 0 saturated heterocycles. The van der Waals surface area contributed by atoms with Crippen molar-refractivity contribution in [2.45, 2.75) is 6.04 Å². The van der Waals surface area contributed by atoms with Gasteiger partial charge in [-0.3, -0.25) is 5.84 Å². The Morgan fingerprint density at radius 3 is 2.79 bits per heavy atom. The molecule has 0 radical (unpaired) electrons. The van der Waals surface area contributed by atoms with Crippen molar-refractivity contribution in [2.75, 3.05) is 12.8 Å². The summed E-state index contributed by atoms with van der Waals surface area (Å²) < 4.78 is 5.05. The molecule has 0 spiro atoms. The van der Waals surface area contributed by atoms with Crippen LogP contribution in [-0.2, 0) is 0 Å². The van der Waals surface area contributed by atoms with Crippen LogP contribution in [0.4, 0.5) is 5.82 Å². The Balaban J connectivity index is 2.46. The molecule has 19 heavy (non-hydrogen) atoms. The predicted molar refractivity (Wildman–Crippen MR) is 71.4 cm³/mol. The summed E-state index contributed by atoms with van der Waals surface area (Å²) in [6.45, 7) is 0. The van der Waals surface area contributed by atoms with Crippen LogP contribution in [0.1, 0.15) is 17.3 Å². The van der Waals surface area contributed by atoms with Crippen molar-refractivity contribution < 1.29 is 4.74 Å². The highest BCUT2D eigenvalue weighted by Crippen LogP contribution is 2.27. The Morgan fingerprint density at radius 2 is 2.11 bits per heavy atom. The quantitative estimate of drug-likeness (QED) is 0.557. The number of hydrazine groups is 1. The van der Waals surface area contributed by atoms with E-state index < -0.39 is 6.04 Å². The van der Waals surface area contributed by atoms with E-state index >= 15 is 0 Å². The molecule has 0 saturated carbocycles. The number of nitrogens with zero attached hydrogens (tertiary/aromatic N) is 3. The van der Waals surface area contributed by atoms with Crippen molar-refractivity contribution in [3.63, 3.8) is 0 Å². The van der Waals surface area contributed by atoms with E-state index in [2.05, 4.69) is 20.4 Å². The van der Waals surface area contributed by atoms with Crippen LogP contribution in [0.3, 0.4) is 0 Å². The summed E-state index contributed by atoms with van der Waals surface area (Å²) in [5.74, 6) is 6.32. The van der Waals surface area contributed by atoms with Gasteiger partial charge in [0, 0.05) is 17.8 Å². The Hall–Kier alpha value is -1.96. The molecule has 8 heteroatoms. The van der Waals surface area contributed by atoms with Gasteiger partial charge in [-0.25, -0.2) is 20.4 Å². The highest BCUT2D eigenvalue weighted by Gasteiger charge is 2.18. The summed E-state index contributed by atoms with van der Waals surface area (Å²) >= 11 is 5.92. The van der Waals surface area contributed by atoms with Gasteiger partial charge in [-0.1, -0.05) is 11.6 Å². The maximum atomic E-state index is 5.92. The number of nitrogen functional groups attached to an aromatic ring is 1. The van der Waals surface area contributed by atoms with Gasteiger partial charge < -0.3 is 10.5 Å². The van der Waals surface area contributed by atoms with Crippen molar-refractivity contribution in [2.24, 2.45) is 5.84 Å². The van der Waals surface area contributed by atoms with Crippen LogP contribution in [0.15, 0.2) is 24.7 Å². The molecule has 0 amide bonds. The number of nitrogens with two attached hydrogens (primary N) is 2. The summed E-state index contributed by atoms with van der Waals surface area (Å²) in [5, 5.41) is 0.463. The zero-order valence-corrected chi connectivity index (χ0v) is 10.9. The maximum Gasteiger partial charge on any atom is 0.216 e. The minimum absolute atomic E-state index is 0.324. The second-order valence-corrected chi connectivity index (χ2v) is 4.15. The predicted octanol–water partition coefficient (Wildman–Crippen LogP) is 0.668. The van der Waals surface area contributed by atoms with E-state index in [-0.39, 0.29) is 0 Å². The lowest BCUT2D eigenvalue weighted by Crippen LogP contribution is -2.30. The number of halogens is 1. The van der Waals surface area contributed by atoms with E-state index in [1.165, 1.54) is 19.6 Å². The molecule has 2 rings (SSSR count). The number of pyridine rings is 1. The van der Waals surface area contributed by atoms with Crippen molar-refractivity contribution in [3.8, 4) is 5.88 Å². The van der Waals surface area contributed by atoms with E-state index in [1.807, 2.05) is 0 Å². The third-order valence-corrected chi connectivity index (χ3v) is 2.77. The van der Waals surface area contributed by atoms with Crippen molar-refractivity contribution >= 4 is 17.4 Å². The first-order valence-corrected chi connectivity index (χ1v) is 5.76. The van der Waals surface area contributed by atoms with Crippen molar-refractivity contribution in [3.05, 3.63) is 40.9 Å². The summed E-state index contributed by atoms with van der Waals surface area (Å²) in [6.07, 6.45) is 2.85. The summed E-state index contributed by atoms with van der Waals surface area (Å²) in [5.41, 5.74) is 9.70. The van der Waals surface area contributed by atoms with Crippen LogP contribution in [0.25, 0.3) is 0 Å². The zero-order chi connectivity index (χ0) is 13.8. The van der Waals surface area contributed by atoms with Gasteiger partial charge in [-0.15, -0.1) is 0 Å². The van der Waals surface area contributed by atoms with Crippen molar-refractivity contribution in [1.29, 1.82) is 0 Å². The van der Waals surface area contributed by atoms with E-state index in [0.717, 1.165) is 0 Å². The van der Waals surface area contributed by atoms with Gasteiger partial charge in [0.1, 0.15) is 12.1 Å². The molecular weight excluding hydrogens is 268 g/mol. The summed E-state index contributed by atoms with van der Waals surface area (Å²) in [6, 6.07) is 2.89. The number of methoxy groups -OCH3 is 1. The lowest BCUT2D eigenvalue weighted by molar-refractivity contribution is 0.395. The highest BCUT2D eigenvalue weighted by molar-refractivity contribution is 6.30. The normalized spacial score (nSPS) is 12.2. The molecule has 0 aliphatic carbocycles. The van der Waals surface area contributed by atoms with Gasteiger partial charge in [0.25, 0.3) is 0 Å². The average molecular weight is 281 g/mol. The van der Waals surface area contributed by atoms with Crippen molar-refractivity contribution in [1.82, 2.24) is 20.4 Å². The van der Waals surface area contributed by atoms with Crippen LogP contribution in [0.2, 0.25) is 5.02 Å². The number of hydrogen-bond acceptors (Lipinski definition) is 7. The first-order chi connectivity index (χ1) is 9.15. The number of nitrogens with one attached hydrogen (secondary N) is 1. The second kappa shape index (κ2) is 5.79. The van der Waals surface area contributed by atoms with Crippen LogP contribution in [0.5, 0.6) is 5.88 Å². The smallest absolute Gasteiger partial charge is 0.216 e.